The third-order valence-corrected chi connectivity index (χ3v) is 5.46. The lowest BCUT2D eigenvalue weighted by Crippen LogP contribution is -2.54. The van der Waals surface area contributed by atoms with Crippen molar-refractivity contribution >= 4 is 21.9 Å². The average molecular weight is 357 g/mol. The van der Waals surface area contributed by atoms with E-state index in [0.717, 1.165) is 35.7 Å². The molecular weight excluding hydrogens is 339 g/mol. The largest absolute Gasteiger partial charge is 0.469 e. The molecule has 0 unspecified atom stereocenters. The Kier molecular flexibility index (Phi) is 3.82. The molecule has 0 atom stereocenters. The summed E-state index contributed by atoms with van der Waals surface area (Å²) < 4.78 is 25.8. The number of rotatable bonds is 3. The van der Waals surface area contributed by atoms with Crippen molar-refractivity contribution < 1.29 is 18.7 Å². The van der Waals surface area contributed by atoms with Gasteiger partial charge < -0.3 is 9.47 Å². The zero-order chi connectivity index (χ0) is 15.1. The molecule has 0 N–H and O–H groups in total. The highest BCUT2D eigenvalue weighted by molar-refractivity contribution is 9.10. The van der Waals surface area contributed by atoms with Crippen LogP contribution in [-0.2, 0) is 19.7 Å². The second-order valence-corrected chi connectivity index (χ2v) is 7.04. The smallest absolute Gasteiger partial charge is 0.308 e. The van der Waals surface area contributed by atoms with E-state index < -0.39 is 5.60 Å². The Balaban J connectivity index is 1.81. The second-order valence-electron chi connectivity index (χ2n) is 6.13. The van der Waals surface area contributed by atoms with Crippen LogP contribution in [0.1, 0.15) is 37.7 Å². The summed E-state index contributed by atoms with van der Waals surface area (Å²) in [6.45, 7) is 0.475. The van der Waals surface area contributed by atoms with Crippen LogP contribution in [0.3, 0.4) is 0 Å². The predicted molar refractivity (Wildman–Crippen MR) is 79.6 cm³/mol. The fourth-order valence-corrected chi connectivity index (χ4v) is 3.93. The van der Waals surface area contributed by atoms with Crippen LogP contribution in [0.4, 0.5) is 4.39 Å². The van der Waals surface area contributed by atoms with Gasteiger partial charge >= 0.3 is 5.97 Å². The molecule has 0 aromatic heterocycles. The van der Waals surface area contributed by atoms with Crippen LogP contribution in [0, 0.1) is 5.82 Å². The van der Waals surface area contributed by atoms with Crippen molar-refractivity contribution in [3.63, 3.8) is 0 Å². The minimum absolute atomic E-state index is 0.185. The number of benzene rings is 1. The number of carbonyl (C=O) groups is 1. The Morgan fingerprint density at radius 1 is 1.38 bits per heavy atom. The van der Waals surface area contributed by atoms with Gasteiger partial charge in [0.15, 0.2) is 0 Å². The summed E-state index contributed by atoms with van der Waals surface area (Å²) in [6, 6.07) is 5.23. The molecule has 0 amide bonds. The van der Waals surface area contributed by atoms with Gasteiger partial charge in [0.1, 0.15) is 5.82 Å². The molecule has 0 spiro atoms. The zero-order valence-corrected chi connectivity index (χ0v) is 13.5. The monoisotopic (exact) mass is 356 g/mol. The predicted octanol–water partition coefficient (Wildman–Crippen LogP) is 3.73. The normalized spacial score (nSPS) is 31.2. The highest BCUT2D eigenvalue weighted by atomic mass is 79.9. The molecule has 1 saturated carbocycles. The number of esters is 1. The Labute approximate surface area is 131 Å². The van der Waals surface area contributed by atoms with Gasteiger partial charge in [-0.2, -0.15) is 0 Å². The Morgan fingerprint density at radius 2 is 2.10 bits per heavy atom. The van der Waals surface area contributed by atoms with E-state index in [1.807, 2.05) is 12.1 Å². The van der Waals surface area contributed by atoms with Gasteiger partial charge in [0.25, 0.3) is 0 Å². The maximum absolute atomic E-state index is 14.3. The number of hydrogen-bond acceptors (Lipinski definition) is 3. The Hall–Kier alpha value is -0.940. The number of ether oxygens (including phenoxy) is 2. The fourth-order valence-electron chi connectivity index (χ4n) is 3.59. The van der Waals surface area contributed by atoms with Crippen LogP contribution in [0.25, 0.3) is 0 Å². The number of fused-ring (bicyclic) bond motifs is 3. The van der Waals surface area contributed by atoms with E-state index in [9.17, 15) is 9.18 Å². The molecule has 21 heavy (non-hydrogen) atoms. The average Bonchev–Trinajstić information content (AvgIpc) is 2.48. The molecule has 1 aromatic carbocycles. The minimum Gasteiger partial charge on any atom is -0.469 e. The van der Waals surface area contributed by atoms with E-state index in [4.69, 9.17) is 9.47 Å². The van der Waals surface area contributed by atoms with Crippen molar-refractivity contribution in [1.82, 2.24) is 0 Å². The van der Waals surface area contributed by atoms with E-state index >= 15 is 0 Å². The van der Waals surface area contributed by atoms with Gasteiger partial charge in [0.2, 0.25) is 0 Å². The van der Waals surface area contributed by atoms with Gasteiger partial charge in [0, 0.05) is 9.89 Å². The van der Waals surface area contributed by atoms with Gasteiger partial charge in [0.05, 0.1) is 25.7 Å². The van der Waals surface area contributed by atoms with Crippen molar-refractivity contribution in [1.29, 1.82) is 0 Å². The number of halogens is 2. The highest BCUT2D eigenvalue weighted by Gasteiger charge is 2.52. The summed E-state index contributed by atoms with van der Waals surface area (Å²) in [5.74, 6) is -0.422. The molecule has 1 aromatic rings. The second kappa shape index (κ2) is 5.36. The van der Waals surface area contributed by atoms with Gasteiger partial charge in [-0.25, -0.2) is 4.39 Å². The Bertz CT molecular complexity index is 548. The van der Waals surface area contributed by atoms with Crippen molar-refractivity contribution in [3.05, 3.63) is 34.1 Å². The van der Waals surface area contributed by atoms with E-state index in [-0.39, 0.29) is 17.2 Å². The molecule has 1 aliphatic carbocycles. The molecule has 2 aliphatic heterocycles. The maximum atomic E-state index is 14.3. The van der Waals surface area contributed by atoms with Crippen molar-refractivity contribution in [2.75, 3.05) is 13.7 Å². The summed E-state index contributed by atoms with van der Waals surface area (Å²) in [4.78, 5) is 11.5. The van der Waals surface area contributed by atoms with Gasteiger partial charge in [-0.3, -0.25) is 4.79 Å². The van der Waals surface area contributed by atoms with Crippen LogP contribution >= 0.6 is 15.9 Å². The lowest BCUT2D eigenvalue weighted by atomic mass is 9.62. The first-order valence-electron chi connectivity index (χ1n) is 7.15. The third kappa shape index (κ3) is 2.61. The van der Waals surface area contributed by atoms with Gasteiger partial charge in [-0.05, 0) is 43.4 Å². The van der Waals surface area contributed by atoms with Gasteiger partial charge in [-0.1, -0.05) is 22.0 Å². The van der Waals surface area contributed by atoms with Crippen LogP contribution < -0.4 is 0 Å². The number of methoxy groups -OCH3 is 1. The molecule has 4 rings (SSSR count). The van der Waals surface area contributed by atoms with Crippen LogP contribution in [-0.4, -0.2) is 25.3 Å². The summed E-state index contributed by atoms with van der Waals surface area (Å²) in [6.07, 6.45) is 3.54. The molecule has 3 aliphatic rings. The first-order valence-corrected chi connectivity index (χ1v) is 7.94. The van der Waals surface area contributed by atoms with Gasteiger partial charge in [-0.15, -0.1) is 0 Å². The van der Waals surface area contributed by atoms with Crippen LogP contribution in [0.2, 0.25) is 0 Å². The van der Waals surface area contributed by atoms with E-state index in [1.54, 1.807) is 0 Å². The quantitative estimate of drug-likeness (QED) is 0.774. The van der Waals surface area contributed by atoms with Crippen LogP contribution in [0.15, 0.2) is 22.7 Å². The standard InChI is InChI=1S/C16H18BrFO3/c1-20-14(19)9-16-6-4-15(5-7-16,10-21-16)12-3-2-11(17)8-13(12)18/h2-3,8H,4-7,9-10H2,1H3. The molecule has 114 valence electrons. The lowest BCUT2D eigenvalue weighted by molar-refractivity contribution is -0.177. The maximum Gasteiger partial charge on any atom is 0.308 e. The zero-order valence-electron chi connectivity index (χ0n) is 12.0. The van der Waals surface area contributed by atoms with Crippen molar-refractivity contribution in [2.45, 2.75) is 43.1 Å². The summed E-state index contributed by atoms with van der Waals surface area (Å²) in [5.41, 5.74) is 0.0839. The molecule has 2 bridgehead atoms. The SMILES string of the molecule is COC(=O)CC12CCC(c3ccc(Br)cc3F)(CC1)CO2. The molecule has 5 heteroatoms. The highest BCUT2D eigenvalue weighted by Crippen LogP contribution is 2.52. The number of carbonyl (C=O) groups excluding carboxylic acids is 1. The van der Waals surface area contributed by atoms with Crippen molar-refractivity contribution in [3.8, 4) is 0 Å². The van der Waals surface area contributed by atoms with E-state index in [0.29, 0.717) is 13.0 Å². The number of hydrogen-bond donors (Lipinski definition) is 0. The summed E-state index contributed by atoms with van der Waals surface area (Å²) in [5, 5.41) is 0. The topological polar surface area (TPSA) is 35.5 Å². The third-order valence-electron chi connectivity index (χ3n) is 4.97. The van der Waals surface area contributed by atoms with E-state index in [1.165, 1.54) is 13.2 Å². The molecule has 2 heterocycles. The summed E-state index contributed by atoms with van der Waals surface area (Å²) >= 11 is 3.29. The molecule has 0 radical (unpaired) electrons. The fraction of sp³-hybridized carbons (Fsp3) is 0.562. The first-order chi connectivity index (χ1) is 9.99. The van der Waals surface area contributed by atoms with Crippen LogP contribution in [0.5, 0.6) is 0 Å². The first kappa shape index (κ1) is 15.0. The summed E-state index contributed by atoms with van der Waals surface area (Å²) in [7, 11) is 1.39. The van der Waals surface area contributed by atoms with Crippen molar-refractivity contribution in [2.24, 2.45) is 0 Å². The minimum atomic E-state index is -0.402. The molecule has 2 saturated heterocycles. The van der Waals surface area contributed by atoms with E-state index in [2.05, 4.69) is 15.9 Å². The molecular formula is C16H18BrFO3. The Morgan fingerprint density at radius 3 is 2.62 bits per heavy atom. The molecule has 3 fully saturated rings. The lowest BCUT2D eigenvalue weighted by Gasteiger charge is -2.53. The molecule has 3 nitrogen and oxygen atoms in total.